The Bertz CT molecular complexity index is 1990. The first kappa shape index (κ1) is 38.6. The average Bonchev–Trinajstić information content (AvgIpc) is 3.73. The number of hydrogen-bond donors (Lipinski definition) is 0. The van der Waals surface area contributed by atoms with Gasteiger partial charge in [-0.1, -0.05) is 137 Å². The van der Waals surface area contributed by atoms with Gasteiger partial charge in [-0.3, -0.25) is 0 Å². The summed E-state index contributed by atoms with van der Waals surface area (Å²) in [6.07, 6.45) is 6.58. The fourth-order valence-corrected chi connectivity index (χ4v) is 8.46. The second-order valence-corrected chi connectivity index (χ2v) is 30.6. The third-order valence-electron chi connectivity index (χ3n) is 10.4. The maximum atomic E-state index is 2.47. The van der Waals surface area contributed by atoms with Gasteiger partial charge in [-0.25, -0.2) is 0 Å². The summed E-state index contributed by atoms with van der Waals surface area (Å²) in [4.78, 5) is 0. The number of aryl methyl sites for hydroxylation is 1. The standard InChI is InChI=1S/C25H29.C20H23Si.C2H6Si.Zr/c1-17(2)19-11-13-21(14-12-19)24-6-4-5-22-15-23(16-25(22)24)20-9-7-18(3)8-10-20;1-5-15-13-17-7-6-8-19(20(17)14-15)16-9-11-18(12-10-16)21(2,3)4;1-3-2;/h4-6,11-18,20H,7-10H2,1-3H3;6-14H,5H2,1-4H3;1-2H3;/q2*-1;;+2. The Labute approximate surface area is 319 Å². The number of benzene rings is 4. The van der Waals surface area contributed by atoms with E-state index in [0.29, 0.717) is 5.92 Å². The van der Waals surface area contributed by atoms with Crippen LogP contribution in [0.5, 0.6) is 0 Å². The number of hydrogen-bond acceptors (Lipinski definition) is 0. The Balaban J connectivity index is 0.000000178. The summed E-state index contributed by atoms with van der Waals surface area (Å²) >= 11 is 1.74. The average molecular weight is 770 g/mol. The van der Waals surface area contributed by atoms with Crippen LogP contribution in [-0.4, -0.2) is 13.5 Å². The van der Waals surface area contributed by atoms with E-state index >= 15 is 0 Å². The van der Waals surface area contributed by atoms with Gasteiger partial charge in [0, 0.05) is 0 Å². The van der Waals surface area contributed by atoms with Gasteiger partial charge >= 0.3 is 41.9 Å². The summed E-state index contributed by atoms with van der Waals surface area (Å²) in [5, 5.41) is 7.09. The Kier molecular flexibility index (Phi) is 13.4. The van der Waals surface area contributed by atoms with Gasteiger partial charge in [0.1, 0.15) is 0 Å². The monoisotopic (exact) mass is 768 g/mol. The van der Waals surface area contributed by atoms with E-state index in [-0.39, 0.29) is 5.43 Å². The number of rotatable bonds is 6. The van der Waals surface area contributed by atoms with Crippen LogP contribution in [0.15, 0.2) is 109 Å². The molecule has 0 heterocycles. The molecule has 0 radical (unpaired) electrons. The van der Waals surface area contributed by atoms with E-state index in [1.165, 1.54) is 85.8 Å². The Morgan fingerprint density at radius 2 is 1.22 bits per heavy atom. The van der Waals surface area contributed by atoms with Gasteiger partial charge in [-0.2, -0.15) is 12.1 Å². The molecule has 0 spiro atoms. The van der Waals surface area contributed by atoms with Crippen molar-refractivity contribution >= 4 is 40.2 Å². The molecule has 1 aliphatic carbocycles. The van der Waals surface area contributed by atoms with Crippen molar-refractivity contribution in [3.63, 3.8) is 0 Å². The summed E-state index contributed by atoms with van der Waals surface area (Å²) in [6, 6.07) is 41.3. The predicted molar refractivity (Wildman–Crippen MR) is 224 cm³/mol. The van der Waals surface area contributed by atoms with Crippen molar-refractivity contribution in [2.45, 2.75) is 104 Å². The maximum absolute atomic E-state index is 2.47. The first-order valence-corrected chi connectivity index (χ1v) is 28.6. The molecule has 0 N–H and O–H groups in total. The zero-order chi connectivity index (χ0) is 36.0. The molecule has 3 heteroatoms. The molecular formula is C47H58Si2Zr. The molecule has 0 atom stereocenters. The van der Waals surface area contributed by atoms with Crippen LogP contribution in [0.3, 0.4) is 0 Å². The molecule has 0 saturated heterocycles. The van der Waals surface area contributed by atoms with E-state index in [1.807, 2.05) is 0 Å². The molecule has 258 valence electrons. The molecule has 0 unspecified atom stereocenters. The normalized spacial score (nSPS) is 16.2. The van der Waals surface area contributed by atoms with Crippen LogP contribution in [0.25, 0.3) is 43.8 Å². The summed E-state index contributed by atoms with van der Waals surface area (Å²) in [7, 11) is -1.21. The van der Waals surface area contributed by atoms with Crippen molar-refractivity contribution in [2.75, 3.05) is 0 Å². The van der Waals surface area contributed by atoms with Gasteiger partial charge in [0.2, 0.25) is 0 Å². The third kappa shape index (κ3) is 9.84. The molecule has 0 bridgehead atoms. The number of fused-ring (bicyclic) bond motifs is 2. The van der Waals surface area contributed by atoms with Crippen LogP contribution in [0.2, 0.25) is 32.7 Å². The van der Waals surface area contributed by atoms with Gasteiger partial charge in [-0.05, 0) is 53.7 Å². The molecule has 0 aromatic heterocycles. The van der Waals surface area contributed by atoms with E-state index in [2.05, 4.69) is 170 Å². The van der Waals surface area contributed by atoms with Gasteiger partial charge in [-0.15, -0.1) is 69.1 Å². The van der Waals surface area contributed by atoms with Crippen molar-refractivity contribution in [2.24, 2.45) is 5.92 Å². The molecule has 1 fully saturated rings. The molecule has 6 aromatic carbocycles. The zero-order valence-electron chi connectivity index (χ0n) is 32.2. The predicted octanol–water partition coefficient (Wildman–Crippen LogP) is 13.8. The molecule has 50 heavy (non-hydrogen) atoms. The Morgan fingerprint density at radius 1 is 0.720 bits per heavy atom. The molecule has 7 rings (SSSR count). The van der Waals surface area contributed by atoms with E-state index in [1.54, 1.807) is 28.9 Å². The van der Waals surface area contributed by atoms with Gasteiger partial charge in [0.25, 0.3) is 0 Å². The topological polar surface area (TPSA) is 0 Å². The first-order chi connectivity index (χ1) is 23.8. The summed E-state index contributed by atoms with van der Waals surface area (Å²) < 4.78 is 0. The van der Waals surface area contributed by atoms with Crippen LogP contribution in [0.1, 0.15) is 81.9 Å². The van der Waals surface area contributed by atoms with E-state index in [9.17, 15) is 0 Å². The van der Waals surface area contributed by atoms with Crippen LogP contribution in [0, 0.1) is 5.92 Å². The van der Waals surface area contributed by atoms with Crippen LogP contribution in [-0.2, 0) is 29.8 Å². The summed E-state index contributed by atoms with van der Waals surface area (Å²) in [5.74, 6) is 2.26. The SMILES string of the molecule is CC1CCC(c2cc3c(-c4ccc(C(C)C)cc4)cccc3[cH-]2)CC1.CCc1cc2c(-c3ccc([Si](C)(C)C)cc3)cccc2[cH-]1.C[Si](C)=[Zr+2]. The molecule has 6 aromatic rings. The fraction of sp³-hybridized carbons (Fsp3) is 0.362. The second-order valence-electron chi connectivity index (χ2n) is 16.2. The van der Waals surface area contributed by atoms with Crippen LogP contribution >= 0.6 is 0 Å². The molecule has 0 nitrogen and oxygen atoms in total. The summed E-state index contributed by atoms with van der Waals surface area (Å²) in [6.45, 7) is 20.9. The Hall–Kier alpha value is -2.58. The van der Waals surface area contributed by atoms with E-state index in [4.69, 9.17) is 0 Å². The van der Waals surface area contributed by atoms with Crippen LogP contribution in [0.4, 0.5) is 0 Å². The van der Waals surface area contributed by atoms with Crippen molar-refractivity contribution in [3.8, 4) is 22.3 Å². The molecule has 0 amide bonds. The zero-order valence-corrected chi connectivity index (χ0v) is 36.6. The van der Waals surface area contributed by atoms with Crippen molar-refractivity contribution < 1.29 is 23.3 Å². The van der Waals surface area contributed by atoms with E-state index < -0.39 is 8.07 Å². The third-order valence-corrected chi connectivity index (χ3v) is 12.5. The van der Waals surface area contributed by atoms with Gasteiger partial charge < -0.3 is 0 Å². The van der Waals surface area contributed by atoms with Crippen LogP contribution < -0.4 is 5.19 Å². The minimum atomic E-state index is -1.21. The molecule has 0 aliphatic heterocycles. The first-order valence-electron chi connectivity index (χ1n) is 18.9. The minimum absolute atomic E-state index is 0.210. The summed E-state index contributed by atoms with van der Waals surface area (Å²) in [5.41, 5.74) is 10.0. The second kappa shape index (κ2) is 17.3. The van der Waals surface area contributed by atoms with E-state index in [0.717, 1.165) is 18.3 Å². The van der Waals surface area contributed by atoms with Crippen molar-refractivity contribution in [3.05, 3.63) is 126 Å². The van der Waals surface area contributed by atoms with Crippen molar-refractivity contribution in [1.29, 1.82) is 0 Å². The van der Waals surface area contributed by atoms with Crippen molar-refractivity contribution in [1.82, 2.24) is 0 Å². The molecule has 1 saturated carbocycles. The van der Waals surface area contributed by atoms with Gasteiger partial charge in [0.05, 0.1) is 8.07 Å². The Morgan fingerprint density at radius 3 is 1.72 bits per heavy atom. The molecular weight excluding hydrogens is 712 g/mol. The quantitative estimate of drug-likeness (QED) is 0.117. The fourth-order valence-electron chi connectivity index (χ4n) is 7.29. The van der Waals surface area contributed by atoms with Gasteiger partial charge in [0.15, 0.2) is 0 Å². The molecule has 1 aliphatic rings.